The standard InChI is InChI=1S/C16H23ClN2O/c1-18-15-6-7-19(10-15)9-13-8-14(17)4-5-16(13)20-11-12-2-3-12/h4-5,8,12,15,18H,2-3,6-7,9-11H2,1H3. The molecule has 1 aromatic carbocycles. The van der Waals surface area contributed by atoms with Gasteiger partial charge in [-0.2, -0.15) is 0 Å². The van der Waals surface area contributed by atoms with Crippen molar-refractivity contribution in [2.45, 2.75) is 31.8 Å². The monoisotopic (exact) mass is 294 g/mol. The van der Waals surface area contributed by atoms with Crippen molar-refractivity contribution in [1.82, 2.24) is 10.2 Å². The predicted octanol–water partition coefficient (Wildman–Crippen LogP) is 2.92. The van der Waals surface area contributed by atoms with Gasteiger partial charge < -0.3 is 10.1 Å². The van der Waals surface area contributed by atoms with Crippen LogP contribution in [0.5, 0.6) is 5.75 Å². The summed E-state index contributed by atoms with van der Waals surface area (Å²) < 4.78 is 5.98. The van der Waals surface area contributed by atoms with Gasteiger partial charge in [-0.3, -0.25) is 4.90 Å². The fraction of sp³-hybridized carbons (Fsp3) is 0.625. The van der Waals surface area contributed by atoms with E-state index in [4.69, 9.17) is 16.3 Å². The number of hydrogen-bond acceptors (Lipinski definition) is 3. The molecule has 3 rings (SSSR count). The highest BCUT2D eigenvalue weighted by Gasteiger charge is 2.24. The van der Waals surface area contributed by atoms with Gasteiger partial charge in [0.25, 0.3) is 0 Å². The molecule has 3 nitrogen and oxygen atoms in total. The van der Waals surface area contributed by atoms with E-state index >= 15 is 0 Å². The average Bonchev–Trinajstić information content (AvgIpc) is 3.16. The SMILES string of the molecule is CNC1CCN(Cc2cc(Cl)ccc2OCC2CC2)C1. The molecule has 0 spiro atoms. The zero-order chi connectivity index (χ0) is 13.9. The van der Waals surface area contributed by atoms with E-state index in [0.717, 1.165) is 42.9 Å². The lowest BCUT2D eigenvalue weighted by molar-refractivity contribution is 0.280. The van der Waals surface area contributed by atoms with Crippen LogP contribution in [-0.4, -0.2) is 37.7 Å². The van der Waals surface area contributed by atoms with E-state index in [0.29, 0.717) is 6.04 Å². The average molecular weight is 295 g/mol. The summed E-state index contributed by atoms with van der Waals surface area (Å²) in [5, 5.41) is 4.15. The van der Waals surface area contributed by atoms with Crippen molar-refractivity contribution < 1.29 is 4.74 Å². The molecule has 1 saturated heterocycles. The fourth-order valence-corrected chi connectivity index (χ4v) is 2.95. The molecule has 0 radical (unpaired) electrons. The number of halogens is 1. The molecule has 2 aliphatic rings. The van der Waals surface area contributed by atoms with Crippen LogP contribution in [0.25, 0.3) is 0 Å². The van der Waals surface area contributed by atoms with Crippen molar-refractivity contribution in [2.75, 3.05) is 26.7 Å². The van der Waals surface area contributed by atoms with E-state index in [1.165, 1.54) is 24.8 Å². The van der Waals surface area contributed by atoms with E-state index in [1.807, 2.05) is 19.2 Å². The van der Waals surface area contributed by atoms with Gasteiger partial charge in [0.05, 0.1) is 6.61 Å². The third kappa shape index (κ3) is 3.66. The summed E-state index contributed by atoms with van der Waals surface area (Å²) in [6.07, 6.45) is 3.85. The maximum absolute atomic E-state index is 6.15. The normalized spacial score (nSPS) is 23.2. The first-order valence-electron chi connectivity index (χ1n) is 7.55. The number of likely N-dealkylation sites (N-methyl/N-ethyl adjacent to an activating group) is 1. The minimum Gasteiger partial charge on any atom is -0.493 e. The van der Waals surface area contributed by atoms with E-state index in [9.17, 15) is 0 Å². The first kappa shape index (κ1) is 14.2. The Hall–Kier alpha value is -0.770. The summed E-state index contributed by atoms with van der Waals surface area (Å²) in [6.45, 7) is 4.03. The number of nitrogens with zero attached hydrogens (tertiary/aromatic N) is 1. The lowest BCUT2D eigenvalue weighted by Crippen LogP contribution is -2.29. The lowest BCUT2D eigenvalue weighted by Gasteiger charge is -2.19. The Balaban J connectivity index is 1.65. The van der Waals surface area contributed by atoms with Crippen molar-refractivity contribution in [3.63, 3.8) is 0 Å². The number of ether oxygens (including phenoxy) is 1. The number of benzene rings is 1. The van der Waals surface area contributed by atoms with Crippen molar-refractivity contribution in [2.24, 2.45) is 5.92 Å². The predicted molar refractivity (Wildman–Crippen MR) is 82.4 cm³/mol. The largest absolute Gasteiger partial charge is 0.493 e. The molecule has 0 amide bonds. The summed E-state index contributed by atoms with van der Waals surface area (Å²) in [5.41, 5.74) is 1.22. The molecule has 0 bridgehead atoms. The number of hydrogen-bond donors (Lipinski definition) is 1. The smallest absolute Gasteiger partial charge is 0.123 e. The minimum atomic E-state index is 0.616. The highest BCUT2D eigenvalue weighted by molar-refractivity contribution is 6.30. The van der Waals surface area contributed by atoms with E-state index < -0.39 is 0 Å². The lowest BCUT2D eigenvalue weighted by atomic mass is 10.2. The third-order valence-electron chi connectivity index (χ3n) is 4.27. The molecule has 1 aliphatic heterocycles. The Labute approximate surface area is 126 Å². The van der Waals surface area contributed by atoms with Crippen molar-refractivity contribution in [1.29, 1.82) is 0 Å². The molecule has 1 atom stereocenters. The molecule has 1 aromatic rings. The van der Waals surface area contributed by atoms with Gasteiger partial charge in [0.15, 0.2) is 0 Å². The van der Waals surface area contributed by atoms with Crippen LogP contribution in [0.15, 0.2) is 18.2 Å². The van der Waals surface area contributed by atoms with Gasteiger partial charge in [-0.25, -0.2) is 0 Å². The quantitative estimate of drug-likeness (QED) is 0.873. The maximum Gasteiger partial charge on any atom is 0.123 e. The Morgan fingerprint density at radius 3 is 2.90 bits per heavy atom. The van der Waals surface area contributed by atoms with Crippen LogP contribution in [-0.2, 0) is 6.54 Å². The van der Waals surface area contributed by atoms with Crippen LogP contribution in [0.4, 0.5) is 0 Å². The summed E-state index contributed by atoms with van der Waals surface area (Å²) in [6, 6.07) is 6.61. The van der Waals surface area contributed by atoms with Crippen LogP contribution in [0.1, 0.15) is 24.8 Å². The highest BCUT2D eigenvalue weighted by atomic mass is 35.5. The molecular weight excluding hydrogens is 272 g/mol. The molecule has 4 heteroatoms. The molecule has 20 heavy (non-hydrogen) atoms. The van der Waals surface area contributed by atoms with Gasteiger partial charge in [-0.05, 0) is 50.4 Å². The summed E-state index contributed by atoms with van der Waals surface area (Å²) in [5.74, 6) is 1.79. The van der Waals surface area contributed by atoms with Crippen LogP contribution in [0.2, 0.25) is 5.02 Å². The van der Waals surface area contributed by atoms with Gasteiger partial charge in [0, 0.05) is 36.3 Å². The number of rotatable bonds is 6. The van der Waals surface area contributed by atoms with E-state index in [2.05, 4.69) is 16.3 Å². The Bertz CT molecular complexity index is 462. The molecule has 0 aromatic heterocycles. The van der Waals surface area contributed by atoms with Gasteiger partial charge in [-0.15, -0.1) is 0 Å². The molecule has 1 N–H and O–H groups in total. The zero-order valence-electron chi connectivity index (χ0n) is 12.1. The van der Waals surface area contributed by atoms with Gasteiger partial charge in [-0.1, -0.05) is 11.6 Å². The number of nitrogens with one attached hydrogen (secondary N) is 1. The highest BCUT2D eigenvalue weighted by Crippen LogP contribution is 2.31. The molecule has 1 saturated carbocycles. The van der Waals surface area contributed by atoms with E-state index in [1.54, 1.807) is 0 Å². The van der Waals surface area contributed by atoms with Crippen LogP contribution >= 0.6 is 11.6 Å². The van der Waals surface area contributed by atoms with Gasteiger partial charge >= 0.3 is 0 Å². The van der Waals surface area contributed by atoms with Gasteiger partial charge in [0.2, 0.25) is 0 Å². The molecule has 1 heterocycles. The van der Waals surface area contributed by atoms with Crippen LogP contribution in [0, 0.1) is 5.92 Å². The Kier molecular flexibility index (Phi) is 4.49. The van der Waals surface area contributed by atoms with Crippen LogP contribution in [0.3, 0.4) is 0 Å². The number of likely N-dealkylation sites (tertiary alicyclic amines) is 1. The molecule has 1 aliphatic carbocycles. The van der Waals surface area contributed by atoms with Crippen LogP contribution < -0.4 is 10.1 Å². The van der Waals surface area contributed by atoms with Crippen molar-refractivity contribution in [3.05, 3.63) is 28.8 Å². The topological polar surface area (TPSA) is 24.5 Å². The third-order valence-corrected chi connectivity index (χ3v) is 4.50. The first-order chi connectivity index (χ1) is 9.74. The summed E-state index contributed by atoms with van der Waals surface area (Å²) in [4.78, 5) is 2.47. The molecule has 110 valence electrons. The van der Waals surface area contributed by atoms with Gasteiger partial charge in [0.1, 0.15) is 5.75 Å². The Morgan fingerprint density at radius 2 is 2.20 bits per heavy atom. The fourth-order valence-electron chi connectivity index (χ4n) is 2.76. The van der Waals surface area contributed by atoms with E-state index in [-0.39, 0.29) is 0 Å². The maximum atomic E-state index is 6.15. The zero-order valence-corrected chi connectivity index (χ0v) is 12.8. The first-order valence-corrected chi connectivity index (χ1v) is 7.93. The molecular formula is C16H23ClN2O. The minimum absolute atomic E-state index is 0.616. The second kappa shape index (κ2) is 6.33. The Morgan fingerprint density at radius 1 is 1.35 bits per heavy atom. The second-order valence-electron chi connectivity index (χ2n) is 6.02. The molecule has 2 fully saturated rings. The molecule has 1 unspecified atom stereocenters. The summed E-state index contributed by atoms with van der Waals surface area (Å²) >= 11 is 6.15. The summed E-state index contributed by atoms with van der Waals surface area (Å²) in [7, 11) is 2.04. The van der Waals surface area contributed by atoms with Crippen molar-refractivity contribution in [3.8, 4) is 5.75 Å². The van der Waals surface area contributed by atoms with Crippen molar-refractivity contribution >= 4 is 11.6 Å². The second-order valence-corrected chi connectivity index (χ2v) is 6.45.